The molecule has 0 N–H and O–H groups in total. The Morgan fingerprint density at radius 3 is 2.15 bits per heavy atom. The molecule has 1 nitrogen and oxygen atoms in total. The molecule has 0 saturated carbocycles. The number of hydrogen-bond acceptors (Lipinski definition) is 1. The molecule has 1 radical (unpaired) electrons. The predicted octanol–water partition coefficient (Wildman–Crippen LogP) is 4.10. The van der Waals surface area contributed by atoms with Crippen LogP contribution in [0, 0.1) is 24.2 Å². The first kappa shape index (κ1) is 12.5. The van der Waals surface area contributed by atoms with E-state index in [1.165, 1.54) is 44.9 Å². The van der Waals surface area contributed by atoms with E-state index in [-0.39, 0.29) is 5.92 Å². The molecule has 0 saturated heterocycles. The van der Waals surface area contributed by atoms with E-state index in [0.717, 1.165) is 6.42 Å². The molecule has 1 heteroatoms. The Morgan fingerprint density at radius 1 is 1.08 bits per heavy atom. The minimum Gasteiger partial charge on any atom is -0.198 e. The molecule has 0 aliphatic heterocycles. The molecule has 0 bridgehead atoms. The van der Waals surface area contributed by atoms with Crippen molar-refractivity contribution in [2.45, 2.75) is 58.3 Å². The van der Waals surface area contributed by atoms with E-state index >= 15 is 0 Å². The van der Waals surface area contributed by atoms with E-state index in [4.69, 9.17) is 5.26 Å². The summed E-state index contributed by atoms with van der Waals surface area (Å²) >= 11 is 0. The van der Waals surface area contributed by atoms with Crippen molar-refractivity contribution in [3.63, 3.8) is 0 Å². The van der Waals surface area contributed by atoms with E-state index in [1.807, 2.05) is 0 Å². The standard InChI is InChI=1S/C12H22N/c1-3-4-5-6-7-8-9-10-12(2)11-13/h12H,2-10H2,1H3. The van der Waals surface area contributed by atoms with Gasteiger partial charge in [-0.3, -0.25) is 0 Å². The SMILES string of the molecule is [CH2]C(C#N)CCCCCCCCC. The minimum atomic E-state index is 0.00985. The van der Waals surface area contributed by atoms with Crippen LogP contribution in [0.5, 0.6) is 0 Å². The highest BCUT2D eigenvalue weighted by atomic mass is 14.3. The smallest absolute Gasteiger partial charge is 0.0655 e. The number of unbranched alkanes of at least 4 members (excludes halogenated alkanes) is 6. The molecule has 0 aliphatic carbocycles. The van der Waals surface area contributed by atoms with Crippen LogP contribution in [0.4, 0.5) is 0 Å². The Morgan fingerprint density at radius 2 is 1.62 bits per heavy atom. The molecule has 0 spiro atoms. The lowest BCUT2D eigenvalue weighted by atomic mass is 10.0. The first-order valence-corrected chi connectivity index (χ1v) is 5.54. The van der Waals surface area contributed by atoms with Crippen molar-refractivity contribution < 1.29 is 0 Å². The molecular weight excluding hydrogens is 158 g/mol. The summed E-state index contributed by atoms with van der Waals surface area (Å²) in [6.45, 7) is 5.98. The topological polar surface area (TPSA) is 23.8 Å². The van der Waals surface area contributed by atoms with Gasteiger partial charge in [0.2, 0.25) is 0 Å². The highest BCUT2D eigenvalue weighted by Crippen LogP contribution is 2.11. The quantitative estimate of drug-likeness (QED) is 0.516. The van der Waals surface area contributed by atoms with Gasteiger partial charge >= 0.3 is 0 Å². The van der Waals surface area contributed by atoms with Crippen molar-refractivity contribution in [2.24, 2.45) is 5.92 Å². The average molecular weight is 180 g/mol. The summed E-state index contributed by atoms with van der Waals surface area (Å²) in [6.07, 6.45) is 10.2. The largest absolute Gasteiger partial charge is 0.198 e. The third-order valence-electron chi connectivity index (χ3n) is 2.34. The fourth-order valence-corrected chi connectivity index (χ4v) is 1.41. The second kappa shape index (κ2) is 9.58. The molecule has 0 aromatic carbocycles. The van der Waals surface area contributed by atoms with E-state index in [2.05, 4.69) is 19.9 Å². The maximum absolute atomic E-state index is 8.49. The maximum atomic E-state index is 8.49. The van der Waals surface area contributed by atoms with Crippen LogP contribution in [0.15, 0.2) is 0 Å². The molecule has 0 aromatic rings. The second-order valence-electron chi connectivity index (χ2n) is 3.74. The van der Waals surface area contributed by atoms with Gasteiger partial charge in [0, 0.05) is 5.92 Å². The Labute approximate surface area is 83.1 Å². The van der Waals surface area contributed by atoms with Crippen molar-refractivity contribution in [1.29, 1.82) is 5.26 Å². The monoisotopic (exact) mass is 180 g/mol. The van der Waals surface area contributed by atoms with Crippen LogP contribution in [0.3, 0.4) is 0 Å². The van der Waals surface area contributed by atoms with Gasteiger partial charge in [-0.2, -0.15) is 5.26 Å². The third kappa shape index (κ3) is 9.40. The van der Waals surface area contributed by atoms with Crippen molar-refractivity contribution in [1.82, 2.24) is 0 Å². The van der Waals surface area contributed by atoms with Crippen LogP contribution < -0.4 is 0 Å². The lowest BCUT2D eigenvalue weighted by molar-refractivity contribution is 0.557. The average Bonchev–Trinajstić information content (AvgIpc) is 2.16. The zero-order valence-corrected chi connectivity index (χ0v) is 8.89. The molecule has 0 aromatic heterocycles. The van der Waals surface area contributed by atoms with E-state index in [9.17, 15) is 0 Å². The molecule has 13 heavy (non-hydrogen) atoms. The number of hydrogen-bond donors (Lipinski definition) is 0. The number of nitrogens with zero attached hydrogens (tertiary/aromatic N) is 1. The van der Waals surface area contributed by atoms with Crippen LogP contribution in [-0.4, -0.2) is 0 Å². The van der Waals surface area contributed by atoms with Gasteiger partial charge in [-0.1, -0.05) is 51.9 Å². The van der Waals surface area contributed by atoms with Crippen molar-refractivity contribution >= 4 is 0 Å². The fourth-order valence-electron chi connectivity index (χ4n) is 1.41. The van der Waals surface area contributed by atoms with Gasteiger partial charge < -0.3 is 0 Å². The summed E-state index contributed by atoms with van der Waals surface area (Å²) in [5.74, 6) is 0.00985. The highest BCUT2D eigenvalue weighted by Gasteiger charge is 1.98. The predicted molar refractivity (Wildman–Crippen MR) is 57.1 cm³/mol. The van der Waals surface area contributed by atoms with E-state index in [1.54, 1.807) is 0 Å². The summed E-state index contributed by atoms with van der Waals surface area (Å²) in [4.78, 5) is 0. The summed E-state index contributed by atoms with van der Waals surface area (Å²) in [5.41, 5.74) is 0. The summed E-state index contributed by atoms with van der Waals surface area (Å²) in [5, 5.41) is 8.49. The molecule has 0 rings (SSSR count). The third-order valence-corrected chi connectivity index (χ3v) is 2.34. The van der Waals surface area contributed by atoms with E-state index < -0.39 is 0 Å². The van der Waals surface area contributed by atoms with Gasteiger partial charge in [0.1, 0.15) is 0 Å². The lowest BCUT2D eigenvalue weighted by Gasteiger charge is -2.02. The van der Waals surface area contributed by atoms with Gasteiger partial charge in [0.25, 0.3) is 0 Å². The maximum Gasteiger partial charge on any atom is 0.0655 e. The first-order chi connectivity index (χ1) is 6.31. The summed E-state index contributed by atoms with van der Waals surface area (Å²) in [7, 11) is 0. The van der Waals surface area contributed by atoms with Crippen LogP contribution >= 0.6 is 0 Å². The van der Waals surface area contributed by atoms with Gasteiger partial charge in [-0.05, 0) is 13.3 Å². The minimum absolute atomic E-state index is 0.00985. The molecule has 0 amide bonds. The molecule has 0 heterocycles. The Kier molecular flexibility index (Phi) is 9.20. The van der Waals surface area contributed by atoms with E-state index in [0.29, 0.717) is 0 Å². The van der Waals surface area contributed by atoms with Crippen LogP contribution in [0.2, 0.25) is 0 Å². The van der Waals surface area contributed by atoms with Crippen molar-refractivity contribution in [3.8, 4) is 6.07 Å². The summed E-state index contributed by atoms with van der Waals surface area (Å²) in [6, 6.07) is 2.17. The second-order valence-corrected chi connectivity index (χ2v) is 3.74. The Bertz CT molecular complexity index is 135. The van der Waals surface area contributed by atoms with Crippen molar-refractivity contribution in [3.05, 3.63) is 6.92 Å². The number of rotatable bonds is 8. The molecule has 0 fully saturated rings. The van der Waals surface area contributed by atoms with Crippen molar-refractivity contribution in [2.75, 3.05) is 0 Å². The van der Waals surface area contributed by atoms with Crippen LogP contribution in [0.1, 0.15) is 58.3 Å². The zero-order valence-electron chi connectivity index (χ0n) is 8.89. The van der Waals surface area contributed by atoms with Gasteiger partial charge in [-0.15, -0.1) is 0 Å². The molecule has 1 atom stereocenters. The molecule has 1 unspecified atom stereocenters. The first-order valence-electron chi connectivity index (χ1n) is 5.54. The molecule has 75 valence electrons. The fraction of sp³-hybridized carbons (Fsp3) is 0.833. The molecule has 0 aliphatic rings. The van der Waals surface area contributed by atoms with Crippen LogP contribution in [0.25, 0.3) is 0 Å². The summed E-state index contributed by atoms with van der Waals surface area (Å²) < 4.78 is 0. The van der Waals surface area contributed by atoms with Gasteiger partial charge in [0.05, 0.1) is 6.07 Å². The Balaban J connectivity index is 2.96. The normalized spacial score (nSPS) is 12.4. The highest BCUT2D eigenvalue weighted by molar-refractivity contribution is 4.83. The zero-order chi connectivity index (χ0) is 9.94. The number of nitriles is 1. The molecular formula is C12H22N. The van der Waals surface area contributed by atoms with Gasteiger partial charge in [-0.25, -0.2) is 0 Å². The lowest BCUT2D eigenvalue weighted by Crippen LogP contribution is -1.90. The van der Waals surface area contributed by atoms with Crippen LogP contribution in [-0.2, 0) is 0 Å². The van der Waals surface area contributed by atoms with Gasteiger partial charge in [0.15, 0.2) is 0 Å². The Hall–Kier alpha value is -0.510.